The number of nitrogens with zero attached hydrogens (tertiary/aromatic N) is 1. The molecule has 0 aliphatic rings. The normalized spacial score (nSPS) is 9.81. The second-order valence-corrected chi connectivity index (χ2v) is 3.85. The second-order valence-electron chi connectivity index (χ2n) is 3.09. The van der Waals surface area contributed by atoms with Gasteiger partial charge in [0.15, 0.2) is 0 Å². The molecule has 0 aliphatic heterocycles. The van der Waals surface area contributed by atoms with Crippen LogP contribution in [0.5, 0.6) is 0 Å². The molecule has 1 amide bonds. The maximum Gasteiger partial charge on any atom is 0.303 e. The predicted octanol–water partition coefficient (Wildman–Crippen LogP) is 1.44. The fraction of sp³-hybridized carbons (Fsp3) is 0.300. The fourth-order valence-electron chi connectivity index (χ4n) is 1.09. The van der Waals surface area contributed by atoms with Crippen molar-refractivity contribution in [1.29, 1.82) is 0 Å². The maximum atomic E-state index is 11.6. The van der Waals surface area contributed by atoms with E-state index in [1.54, 1.807) is 18.3 Å². The summed E-state index contributed by atoms with van der Waals surface area (Å²) in [5.41, 5.74) is 0.442. The number of hydrogen-bond acceptors (Lipinski definition) is 3. The molecule has 1 aromatic rings. The first kappa shape index (κ1) is 12.6. The largest absolute Gasteiger partial charge is 0.481 e. The Morgan fingerprint density at radius 3 is 2.88 bits per heavy atom. The van der Waals surface area contributed by atoms with Crippen molar-refractivity contribution in [2.75, 3.05) is 6.54 Å². The molecule has 1 rings (SSSR count). The zero-order chi connectivity index (χ0) is 12.0. The van der Waals surface area contributed by atoms with Gasteiger partial charge in [-0.25, -0.2) is 4.98 Å². The van der Waals surface area contributed by atoms with Crippen molar-refractivity contribution < 1.29 is 14.7 Å². The molecule has 0 saturated heterocycles. The van der Waals surface area contributed by atoms with Crippen molar-refractivity contribution in [3.63, 3.8) is 0 Å². The molecule has 5 nitrogen and oxygen atoms in total. The van der Waals surface area contributed by atoms with E-state index in [9.17, 15) is 9.59 Å². The summed E-state index contributed by atoms with van der Waals surface area (Å²) in [5.74, 6) is -1.12. The average Bonchev–Trinajstić information content (AvgIpc) is 2.24. The van der Waals surface area contributed by atoms with Gasteiger partial charge in [-0.2, -0.15) is 0 Å². The van der Waals surface area contributed by atoms with Crippen LogP contribution in [0.15, 0.2) is 22.9 Å². The quantitative estimate of drug-likeness (QED) is 0.634. The van der Waals surface area contributed by atoms with Crippen LogP contribution in [0.1, 0.15) is 23.2 Å². The first-order valence-corrected chi connectivity index (χ1v) is 5.51. The van der Waals surface area contributed by atoms with Gasteiger partial charge < -0.3 is 10.4 Å². The molecule has 1 heterocycles. The van der Waals surface area contributed by atoms with Crippen LogP contribution >= 0.6 is 15.9 Å². The van der Waals surface area contributed by atoms with E-state index in [0.717, 1.165) is 0 Å². The molecule has 0 radical (unpaired) electrons. The molecule has 0 saturated carbocycles. The summed E-state index contributed by atoms with van der Waals surface area (Å²) in [6.45, 7) is 0.340. The van der Waals surface area contributed by atoms with Crippen molar-refractivity contribution >= 4 is 27.8 Å². The third kappa shape index (κ3) is 3.98. The number of hydrogen-bond donors (Lipinski definition) is 2. The topological polar surface area (TPSA) is 79.3 Å². The van der Waals surface area contributed by atoms with E-state index < -0.39 is 5.97 Å². The third-order valence-electron chi connectivity index (χ3n) is 1.86. The second kappa shape index (κ2) is 6.22. The number of amides is 1. The first-order valence-electron chi connectivity index (χ1n) is 4.72. The molecule has 2 N–H and O–H groups in total. The number of carbonyl (C=O) groups is 2. The lowest BCUT2D eigenvalue weighted by Gasteiger charge is -2.04. The summed E-state index contributed by atoms with van der Waals surface area (Å²) >= 11 is 3.16. The lowest BCUT2D eigenvalue weighted by atomic mass is 10.2. The molecule has 16 heavy (non-hydrogen) atoms. The van der Waals surface area contributed by atoms with Gasteiger partial charge in [-0.3, -0.25) is 9.59 Å². The predicted molar refractivity (Wildman–Crippen MR) is 61.1 cm³/mol. The Balaban J connectivity index is 2.41. The monoisotopic (exact) mass is 286 g/mol. The highest BCUT2D eigenvalue weighted by molar-refractivity contribution is 9.10. The molecule has 0 aliphatic carbocycles. The zero-order valence-electron chi connectivity index (χ0n) is 8.44. The van der Waals surface area contributed by atoms with Gasteiger partial charge >= 0.3 is 5.97 Å². The van der Waals surface area contributed by atoms with Crippen LogP contribution in [-0.2, 0) is 4.79 Å². The number of halogens is 1. The lowest BCUT2D eigenvalue weighted by molar-refractivity contribution is -0.137. The van der Waals surface area contributed by atoms with Crippen molar-refractivity contribution in [3.8, 4) is 0 Å². The minimum atomic E-state index is -0.864. The van der Waals surface area contributed by atoms with Gasteiger partial charge in [-0.15, -0.1) is 0 Å². The molecular weight excluding hydrogens is 276 g/mol. The Morgan fingerprint density at radius 2 is 2.25 bits per heavy atom. The molecular formula is C10H11BrN2O3. The molecule has 0 atom stereocenters. The van der Waals surface area contributed by atoms with E-state index in [1.165, 1.54) is 0 Å². The standard InChI is InChI=1S/C10H11BrN2O3/c11-9-7(3-1-5-12-9)10(16)13-6-2-4-8(14)15/h1,3,5H,2,4,6H2,(H,13,16)(H,14,15). The van der Waals surface area contributed by atoms with Crippen molar-refractivity contribution in [2.45, 2.75) is 12.8 Å². The van der Waals surface area contributed by atoms with Crippen LogP contribution < -0.4 is 5.32 Å². The summed E-state index contributed by atoms with van der Waals surface area (Å²) in [7, 11) is 0. The number of rotatable bonds is 5. The summed E-state index contributed by atoms with van der Waals surface area (Å²) in [6.07, 6.45) is 2.04. The molecule has 1 aromatic heterocycles. The minimum Gasteiger partial charge on any atom is -0.481 e. The highest BCUT2D eigenvalue weighted by Gasteiger charge is 2.09. The van der Waals surface area contributed by atoms with Gasteiger partial charge in [0, 0.05) is 19.2 Å². The molecule has 86 valence electrons. The van der Waals surface area contributed by atoms with E-state index in [1.807, 2.05) is 0 Å². The summed E-state index contributed by atoms with van der Waals surface area (Å²) < 4.78 is 0.478. The summed E-state index contributed by atoms with van der Waals surface area (Å²) in [4.78, 5) is 25.7. The van der Waals surface area contributed by atoms with Gasteiger partial charge in [0.1, 0.15) is 4.60 Å². The molecule has 6 heteroatoms. The smallest absolute Gasteiger partial charge is 0.303 e. The van der Waals surface area contributed by atoms with Gasteiger partial charge in [0.2, 0.25) is 0 Å². The maximum absolute atomic E-state index is 11.6. The van der Waals surface area contributed by atoms with Gasteiger partial charge in [0.05, 0.1) is 5.56 Å². The molecule has 0 bridgehead atoms. The lowest BCUT2D eigenvalue weighted by Crippen LogP contribution is -2.25. The van der Waals surface area contributed by atoms with Crippen LogP contribution in [0.25, 0.3) is 0 Å². The highest BCUT2D eigenvalue weighted by Crippen LogP contribution is 2.11. The number of carboxylic acid groups (broad SMARTS) is 1. The highest BCUT2D eigenvalue weighted by atomic mass is 79.9. The van der Waals surface area contributed by atoms with Gasteiger partial charge in [0.25, 0.3) is 5.91 Å². The number of aliphatic carboxylic acids is 1. The molecule has 0 aromatic carbocycles. The third-order valence-corrected chi connectivity index (χ3v) is 2.49. The summed E-state index contributed by atoms with van der Waals surface area (Å²) in [5, 5.41) is 11.0. The van der Waals surface area contributed by atoms with E-state index in [0.29, 0.717) is 23.1 Å². The Morgan fingerprint density at radius 1 is 1.50 bits per heavy atom. The van der Waals surface area contributed by atoms with Crippen LogP contribution in [0.2, 0.25) is 0 Å². The number of pyridine rings is 1. The molecule has 0 unspecified atom stereocenters. The van der Waals surface area contributed by atoms with E-state index >= 15 is 0 Å². The van der Waals surface area contributed by atoms with Gasteiger partial charge in [-0.05, 0) is 34.5 Å². The van der Waals surface area contributed by atoms with Crippen molar-refractivity contribution in [1.82, 2.24) is 10.3 Å². The SMILES string of the molecule is O=C(O)CCCNC(=O)c1cccnc1Br. The number of nitrogens with one attached hydrogen (secondary N) is 1. The van der Waals surface area contributed by atoms with Crippen LogP contribution in [0, 0.1) is 0 Å². The van der Waals surface area contributed by atoms with Crippen LogP contribution in [0.4, 0.5) is 0 Å². The number of aromatic nitrogens is 1. The fourth-order valence-corrected chi connectivity index (χ4v) is 1.52. The van der Waals surface area contributed by atoms with E-state index in [4.69, 9.17) is 5.11 Å². The zero-order valence-corrected chi connectivity index (χ0v) is 10.0. The van der Waals surface area contributed by atoms with Crippen molar-refractivity contribution in [2.24, 2.45) is 0 Å². The number of carbonyl (C=O) groups excluding carboxylic acids is 1. The van der Waals surface area contributed by atoms with Crippen LogP contribution in [-0.4, -0.2) is 28.5 Å². The number of carboxylic acids is 1. The Hall–Kier alpha value is -1.43. The van der Waals surface area contributed by atoms with E-state index in [2.05, 4.69) is 26.2 Å². The summed E-state index contributed by atoms with van der Waals surface area (Å²) in [6, 6.07) is 3.31. The molecule has 0 fully saturated rings. The average molecular weight is 287 g/mol. The van der Waals surface area contributed by atoms with Crippen LogP contribution in [0.3, 0.4) is 0 Å². The van der Waals surface area contributed by atoms with E-state index in [-0.39, 0.29) is 12.3 Å². The first-order chi connectivity index (χ1) is 7.61. The minimum absolute atomic E-state index is 0.0501. The Kier molecular flexibility index (Phi) is 4.91. The van der Waals surface area contributed by atoms with Crippen molar-refractivity contribution in [3.05, 3.63) is 28.5 Å². The van der Waals surface area contributed by atoms with Gasteiger partial charge in [-0.1, -0.05) is 0 Å². The molecule has 0 spiro atoms. The Labute approximate surface area is 101 Å². The Bertz CT molecular complexity index is 395.